The second kappa shape index (κ2) is 6.78. The molecular formula is C20H19FN2O2. The molecule has 3 aromatic rings. The van der Waals surface area contributed by atoms with E-state index in [1.807, 2.05) is 36.4 Å². The SMILES string of the molecule is Fc1ccc(CNC2(Cc3cc(-c4ccccc4)on3)COC2)cc1. The molecule has 0 bridgehead atoms. The Morgan fingerprint density at radius 3 is 2.48 bits per heavy atom. The molecule has 1 aliphatic rings. The molecule has 25 heavy (non-hydrogen) atoms. The molecule has 5 heteroatoms. The average Bonchev–Trinajstić information content (AvgIpc) is 3.08. The predicted octanol–water partition coefficient (Wildman–Crippen LogP) is 3.58. The van der Waals surface area contributed by atoms with E-state index in [-0.39, 0.29) is 11.4 Å². The van der Waals surface area contributed by atoms with Crippen molar-refractivity contribution in [2.45, 2.75) is 18.5 Å². The van der Waals surface area contributed by atoms with Crippen molar-refractivity contribution in [1.82, 2.24) is 10.5 Å². The quantitative estimate of drug-likeness (QED) is 0.746. The molecule has 1 saturated heterocycles. The van der Waals surface area contributed by atoms with Gasteiger partial charge in [0.25, 0.3) is 0 Å². The van der Waals surface area contributed by atoms with Gasteiger partial charge in [0.15, 0.2) is 5.76 Å². The highest BCUT2D eigenvalue weighted by Gasteiger charge is 2.39. The minimum Gasteiger partial charge on any atom is -0.377 e. The van der Waals surface area contributed by atoms with Crippen LogP contribution in [0, 0.1) is 5.82 Å². The number of aromatic nitrogens is 1. The molecule has 128 valence electrons. The molecule has 2 heterocycles. The lowest BCUT2D eigenvalue weighted by Crippen LogP contribution is -2.61. The van der Waals surface area contributed by atoms with Crippen LogP contribution in [0.1, 0.15) is 11.3 Å². The van der Waals surface area contributed by atoms with E-state index in [0.29, 0.717) is 19.8 Å². The van der Waals surface area contributed by atoms with Gasteiger partial charge in [-0.1, -0.05) is 47.6 Å². The normalized spacial score (nSPS) is 15.7. The zero-order chi connectivity index (χ0) is 17.1. The van der Waals surface area contributed by atoms with E-state index < -0.39 is 0 Å². The van der Waals surface area contributed by atoms with Crippen LogP contribution in [0.5, 0.6) is 0 Å². The number of rotatable bonds is 6. The maximum absolute atomic E-state index is 13.0. The van der Waals surface area contributed by atoms with E-state index >= 15 is 0 Å². The fourth-order valence-corrected chi connectivity index (χ4v) is 2.99. The third-order valence-electron chi connectivity index (χ3n) is 4.47. The molecular weight excluding hydrogens is 319 g/mol. The second-order valence-corrected chi connectivity index (χ2v) is 6.48. The summed E-state index contributed by atoms with van der Waals surface area (Å²) in [5, 5.41) is 7.74. The summed E-state index contributed by atoms with van der Waals surface area (Å²) in [7, 11) is 0. The van der Waals surface area contributed by atoms with E-state index in [1.165, 1.54) is 12.1 Å². The average molecular weight is 338 g/mol. The Bertz CT molecular complexity index is 826. The number of hydrogen-bond donors (Lipinski definition) is 1. The Morgan fingerprint density at radius 2 is 1.80 bits per heavy atom. The van der Waals surface area contributed by atoms with Gasteiger partial charge in [0.1, 0.15) is 5.82 Å². The fourth-order valence-electron chi connectivity index (χ4n) is 2.99. The van der Waals surface area contributed by atoms with Crippen molar-refractivity contribution in [2.75, 3.05) is 13.2 Å². The van der Waals surface area contributed by atoms with Gasteiger partial charge in [-0.05, 0) is 17.7 Å². The summed E-state index contributed by atoms with van der Waals surface area (Å²) in [6.07, 6.45) is 0.727. The smallest absolute Gasteiger partial charge is 0.167 e. The summed E-state index contributed by atoms with van der Waals surface area (Å²) < 4.78 is 23.9. The summed E-state index contributed by atoms with van der Waals surface area (Å²) in [4.78, 5) is 0. The van der Waals surface area contributed by atoms with Crippen molar-refractivity contribution < 1.29 is 13.7 Å². The van der Waals surface area contributed by atoms with Crippen LogP contribution in [-0.4, -0.2) is 23.9 Å². The first-order valence-electron chi connectivity index (χ1n) is 8.31. The molecule has 1 fully saturated rings. The summed E-state index contributed by atoms with van der Waals surface area (Å²) in [6, 6.07) is 18.4. The van der Waals surface area contributed by atoms with E-state index in [4.69, 9.17) is 9.26 Å². The van der Waals surface area contributed by atoms with Crippen molar-refractivity contribution in [2.24, 2.45) is 0 Å². The molecule has 0 saturated carbocycles. The van der Waals surface area contributed by atoms with Gasteiger partial charge in [0.05, 0.1) is 24.4 Å². The van der Waals surface area contributed by atoms with E-state index in [0.717, 1.165) is 29.0 Å². The van der Waals surface area contributed by atoms with Crippen molar-refractivity contribution >= 4 is 0 Å². The maximum atomic E-state index is 13.0. The van der Waals surface area contributed by atoms with Gasteiger partial charge in [-0.15, -0.1) is 0 Å². The number of hydrogen-bond acceptors (Lipinski definition) is 4. The Morgan fingerprint density at radius 1 is 1.04 bits per heavy atom. The molecule has 0 radical (unpaired) electrons. The van der Waals surface area contributed by atoms with Gasteiger partial charge in [-0.2, -0.15) is 0 Å². The molecule has 0 amide bonds. The summed E-state index contributed by atoms with van der Waals surface area (Å²) in [5.41, 5.74) is 2.80. The Balaban J connectivity index is 1.43. The summed E-state index contributed by atoms with van der Waals surface area (Å²) in [6.45, 7) is 1.91. The molecule has 0 unspecified atom stereocenters. The molecule has 4 rings (SSSR count). The molecule has 1 N–H and O–H groups in total. The highest BCUT2D eigenvalue weighted by Crippen LogP contribution is 2.26. The minimum absolute atomic E-state index is 0.154. The highest BCUT2D eigenvalue weighted by atomic mass is 19.1. The lowest BCUT2D eigenvalue weighted by atomic mass is 9.90. The van der Waals surface area contributed by atoms with E-state index in [2.05, 4.69) is 10.5 Å². The lowest BCUT2D eigenvalue weighted by molar-refractivity contribution is -0.0755. The first kappa shape index (κ1) is 16.0. The summed E-state index contributed by atoms with van der Waals surface area (Å²) >= 11 is 0. The Hall–Kier alpha value is -2.50. The zero-order valence-corrected chi connectivity index (χ0v) is 13.7. The largest absolute Gasteiger partial charge is 0.377 e. The number of benzene rings is 2. The monoisotopic (exact) mass is 338 g/mol. The van der Waals surface area contributed by atoms with Crippen molar-refractivity contribution in [3.63, 3.8) is 0 Å². The van der Waals surface area contributed by atoms with Gasteiger partial charge in [-0.3, -0.25) is 0 Å². The predicted molar refractivity (Wildman–Crippen MR) is 92.4 cm³/mol. The van der Waals surface area contributed by atoms with Crippen molar-refractivity contribution in [3.05, 3.63) is 77.7 Å². The van der Waals surface area contributed by atoms with Gasteiger partial charge < -0.3 is 14.6 Å². The fraction of sp³-hybridized carbons (Fsp3) is 0.250. The first-order valence-corrected chi connectivity index (χ1v) is 8.31. The van der Waals surface area contributed by atoms with Crippen LogP contribution in [0.2, 0.25) is 0 Å². The van der Waals surface area contributed by atoms with Gasteiger partial charge in [0, 0.05) is 24.6 Å². The van der Waals surface area contributed by atoms with Crippen LogP contribution >= 0.6 is 0 Å². The van der Waals surface area contributed by atoms with Gasteiger partial charge >= 0.3 is 0 Å². The molecule has 2 aromatic carbocycles. The van der Waals surface area contributed by atoms with Crippen molar-refractivity contribution in [3.8, 4) is 11.3 Å². The molecule has 1 aliphatic heterocycles. The molecule has 0 spiro atoms. The molecule has 0 atom stereocenters. The van der Waals surface area contributed by atoms with Crippen LogP contribution in [-0.2, 0) is 17.7 Å². The topological polar surface area (TPSA) is 47.3 Å². The molecule has 1 aromatic heterocycles. The third-order valence-corrected chi connectivity index (χ3v) is 4.47. The Labute approximate surface area is 145 Å². The Kier molecular flexibility index (Phi) is 4.34. The standard InChI is InChI=1S/C20H19FN2O2/c21-17-8-6-15(7-9-17)12-22-20(13-24-14-20)11-18-10-19(25-23-18)16-4-2-1-3-5-16/h1-10,22H,11-14H2. The number of halogens is 1. The first-order chi connectivity index (χ1) is 12.2. The third kappa shape index (κ3) is 3.62. The van der Waals surface area contributed by atoms with Crippen LogP contribution in [0.25, 0.3) is 11.3 Å². The highest BCUT2D eigenvalue weighted by molar-refractivity contribution is 5.56. The number of ether oxygens (including phenoxy) is 1. The van der Waals surface area contributed by atoms with E-state index in [9.17, 15) is 4.39 Å². The lowest BCUT2D eigenvalue weighted by Gasteiger charge is -2.42. The molecule has 4 nitrogen and oxygen atoms in total. The van der Waals surface area contributed by atoms with Gasteiger partial charge in [-0.25, -0.2) is 4.39 Å². The summed E-state index contributed by atoms with van der Waals surface area (Å²) in [5.74, 6) is 0.547. The number of nitrogens with one attached hydrogen (secondary N) is 1. The van der Waals surface area contributed by atoms with Crippen molar-refractivity contribution in [1.29, 1.82) is 0 Å². The minimum atomic E-state index is -0.221. The van der Waals surface area contributed by atoms with Crippen LogP contribution < -0.4 is 5.32 Å². The second-order valence-electron chi connectivity index (χ2n) is 6.48. The van der Waals surface area contributed by atoms with Gasteiger partial charge in [0.2, 0.25) is 0 Å². The van der Waals surface area contributed by atoms with Crippen LogP contribution in [0.15, 0.2) is 65.2 Å². The van der Waals surface area contributed by atoms with Crippen LogP contribution in [0.4, 0.5) is 4.39 Å². The molecule has 0 aliphatic carbocycles. The van der Waals surface area contributed by atoms with Crippen LogP contribution in [0.3, 0.4) is 0 Å². The number of nitrogens with zero attached hydrogens (tertiary/aromatic N) is 1. The van der Waals surface area contributed by atoms with E-state index in [1.54, 1.807) is 12.1 Å². The maximum Gasteiger partial charge on any atom is 0.167 e. The zero-order valence-electron chi connectivity index (χ0n) is 13.7.